The molecule has 4 saturated carbocycles. The van der Waals surface area contributed by atoms with E-state index >= 15 is 0 Å². The van der Waals surface area contributed by atoms with Gasteiger partial charge in [0.25, 0.3) is 0 Å². The van der Waals surface area contributed by atoms with Crippen molar-refractivity contribution in [2.45, 2.75) is 82.0 Å². The Bertz CT molecular complexity index is 1470. The first-order valence-corrected chi connectivity index (χ1v) is 25.1. The predicted molar refractivity (Wildman–Crippen MR) is 201 cm³/mol. The zero-order chi connectivity index (χ0) is 31.3. The van der Waals surface area contributed by atoms with Crippen LogP contribution in [-0.4, -0.2) is 32.3 Å². The molecule has 0 radical (unpaired) electrons. The van der Waals surface area contributed by atoms with Gasteiger partial charge in [0.1, 0.15) is 0 Å². The Morgan fingerprint density at radius 2 is 1.44 bits per heavy atom. The molecule has 5 atom stereocenters. The molecule has 0 saturated heterocycles. The van der Waals surface area contributed by atoms with Crippen LogP contribution in [-0.2, 0) is 27.6 Å². The summed E-state index contributed by atoms with van der Waals surface area (Å²) in [5.74, 6) is 3.45. The van der Waals surface area contributed by atoms with Crippen LogP contribution in [0.3, 0.4) is 0 Å². The Balaban J connectivity index is 0.000000609. The average Bonchev–Trinajstić information content (AvgIpc) is 3.70. The molecule has 4 fully saturated rings. The summed E-state index contributed by atoms with van der Waals surface area (Å²) in [5.41, 5.74) is 6.13. The van der Waals surface area contributed by atoms with Gasteiger partial charge in [0.15, 0.2) is 0 Å². The van der Waals surface area contributed by atoms with Crippen molar-refractivity contribution in [3.63, 3.8) is 0 Å². The van der Waals surface area contributed by atoms with E-state index in [0.717, 1.165) is 23.7 Å². The molecule has 240 valence electrons. The molecule has 45 heavy (non-hydrogen) atoms. The minimum Gasteiger partial charge on any atom is -0.264 e. The Kier molecular flexibility index (Phi) is 10.4. The van der Waals surface area contributed by atoms with E-state index < -0.39 is 16.1 Å². The molecule has 2 heterocycles. The Hall–Kier alpha value is -1.19. The third-order valence-corrected chi connectivity index (χ3v) is 16.9. The molecule has 4 aliphatic rings. The van der Waals surface area contributed by atoms with Crippen LogP contribution in [0.15, 0.2) is 85.5 Å². The molecular weight excluding hydrogens is 658 g/mol. The van der Waals surface area contributed by atoms with Crippen molar-refractivity contribution in [3.8, 4) is 0 Å². The molecule has 2 aromatic carbocycles. The van der Waals surface area contributed by atoms with Crippen LogP contribution in [0.2, 0.25) is 39.3 Å². The molecule has 4 aromatic rings. The van der Waals surface area contributed by atoms with Crippen molar-refractivity contribution in [2.75, 3.05) is 6.16 Å². The minimum absolute atomic E-state index is 0. The number of nitrogens with zero attached hydrogens (tertiary/aromatic N) is 2. The summed E-state index contributed by atoms with van der Waals surface area (Å²) in [4.78, 5) is 9.32. The monoisotopic (exact) mass is 710 g/mol. The largest absolute Gasteiger partial charge is 2.00 e. The van der Waals surface area contributed by atoms with Gasteiger partial charge in [-0.05, 0) is 90.6 Å². The van der Waals surface area contributed by atoms with Crippen LogP contribution in [0.1, 0.15) is 54.4 Å². The average molecular weight is 711 g/mol. The first-order chi connectivity index (χ1) is 20.9. The quantitative estimate of drug-likeness (QED) is 0.109. The zero-order valence-corrected chi connectivity index (χ0v) is 33.5. The van der Waals surface area contributed by atoms with E-state index in [1.165, 1.54) is 49.4 Å². The van der Waals surface area contributed by atoms with Crippen LogP contribution >= 0.6 is 18.5 Å². The third-order valence-electron chi connectivity index (χ3n) is 11.1. The van der Waals surface area contributed by atoms with Gasteiger partial charge in [-0.2, -0.15) is 39.7 Å². The molecule has 4 aliphatic carbocycles. The molecule has 7 heteroatoms. The van der Waals surface area contributed by atoms with Gasteiger partial charge in [-0.15, -0.1) is 18.5 Å². The first kappa shape index (κ1) is 35.1. The first-order valence-electron chi connectivity index (χ1n) is 16.7. The number of hydrogen-bond donors (Lipinski definition) is 0. The maximum atomic E-state index is 4.66. The second kappa shape index (κ2) is 13.4. The van der Waals surface area contributed by atoms with Gasteiger partial charge in [0.05, 0.1) is 8.07 Å². The van der Waals surface area contributed by atoms with Gasteiger partial charge in [0, 0.05) is 38.0 Å². The molecule has 2 aromatic heterocycles. The van der Waals surface area contributed by atoms with Gasteiger partial charge in [-0.3, -0.25) is 9.97 Å². The second-order valence-corrected chi connectivity index (χ2v) is 27.5. The van der Waals surface area contributed by atoms with Crippen LogP contribution in [0.5, 0.6) is 0 Å². The predicted octanol–water partition coefficient (Wildman–Crippen LogP) is 8.42. The van der Waals surface area contributed by atoms with Gasteiger partial charge in [-0.25, -0.2) is 18.2 Å². The fraction of sp³-hybridized carbons (Fsp3) is 0.474. The van der Waals surface area contributed by atoms with Crippen LogP contribution in [0.4, 0.5) is 0 Å². The van der Waals surface area contributed by atoms with Crippen molar-refractivity contribution in [1.82, 2.24) is 9.97 Å². The van der Waals surface area contributed by atoms with Crippen molar-refractivity contribution in [3.05, 3.63) is 108 Å². The Morgan fingerprint density at radius 3 is 1.84 bits per heavy atom. The van der Waals surface area contributed by atoms with Gasteiger partial charge in [0.2, 0.25) is 0 Å². The number of pyridine rings is 2. The van der Waals surface area contributed by atoms with Crippen LogP contribution < -0.4 is 10.4 Å². The fourth-order valence-electron chi connectivity index (χ4n) is 9.70. The molecule has 2 nitrogen and oxygen atoms in total. The summed E-state index contributed by atoms with van der Waals surface area (Å²) < 4.78 is 0. The molecule has 4 bridgehead atoms. The summed E-state index contributed by atoms with van der Waals surface area (Å²) in [7, 11) is 3.27. The van der Waals surface area contributed by atoms with Crippen LogP contribution in [0, 0.1) is 23.7 Å². The third kappa shape index (κ3) is 6.37. The van der Waals surface area contributed by atoms with E-state index in [9.17, 15) is 0 Å². The molecule has 8 rings (SSSR count). The Morgan fingerprint density at radius 1 is 0.889 bits per heavy atom. The summed E-state index contributed by atoms with van der Waals surface area (Å²) in [6.45, 7) is 15.6. The second-order valence-electron chi connectivity index (χ2n) is 16.1. The molecular formula is C38H52FeN2P2Si2. The SMILES string of the molecule is C[Si](C)(C)c1cc(C(P)(c2cccnc2)c2cccnc2)c(C23CC4CC(CC(C4)C2CP)C3)[c-]1[Si](C)(C)C.[Fe+2].c1cc[cH-]c1. The summed E-state index contributed by atoms with van der Waals surface area (Å²) >= 11 is 0. The standard InChI is InChI=1S/C33H47N2P2Si2.C5H5.Fe/c1-38(2,3)29-16-27(33(37,25-9-7-11-34-19-25)26-10-8-12-35-20-26)30(31(29)39(4,5)6)32-17-22-13-23(18-32)15-24(14-22)28(32)21-36;1-2-4-5-3-1;/h7-12,16,19-20,22-24,28H,13-15,17-18,21,36-37H2,1-6H3;1-5H;/q2*-1;+2. The van der Waals surface area contributed by atoms with E-state index in [2.05, 4.69) is 110 Å². The smallest absolute Gasteiger partial charge is 0.264 e. The molecule has 0 N–H and O–H groups in total. The molecule has 0 spiro atoms. The normalized spacial score (nSPS) is 25.8. The molecule has 0 aliphatic heterocycles. The van der Waals surface area contributed by atoms with E-state index in [1.54, 1.807) is 16.3 Å². The van der Waals surface area contributed by atoms with E-state index in [0.29, 0.717) is 0 Å². The Labute approximate surface area is 290 Å². The number of hydrogen-bond acceptors (Lipinski definition) is 2. The van der Waals surface area contributed by atoms with Crippen molar-refractivity contribution in [2.24, 2.45) is 23.7 Å². The molecule has 0 amide bonds. The summed E-state index contributed by atoms with van der Waals surface area (Å²) in [6, 6.07) is 21.5. The maximum absolute atomic E-state index is 4.66. The zero-order valence-electron chi connectivity index (χ0n) is 28.0. The van der Waals surface area contributed by atoms with Crippen molar-refractivity contribution >= 4 is 45.0 Å². The van der Waals surface area contributed by atoms with Crippen molar-refractivity contribution in [1.29, 1.82) is 0 Å². The molecule has 5 unspecified atom stereocenters. The van der Waals surface area contributed by atoms with Gasteiger partial charge in [-0.1, -0.05) is 51.4 Å². The van der Waals surface area contributed by atoms with E-state index in [1.807, 2.05) is 47.9 Å². The fourth-order valence-corrected chi connectivity index (χ4v) is 16.8. The van der Waals surface area contributed by atoms with Gasteiger partial charge >= 0.3 is 17.1 Å². The van der Waals surface area contributed by atoms with Crippen LogP contribution in [0.25, 0.3) is 0 Å². The van der Waals surface area contributed by atoms with Gasteiger partial charge < -0.3 is 0 Å². The van der Waals surface area contributed by atoms with E-state index in [-0.39, 0.29) is 27.6 Å². The maximum Gasteiger partial charge on any atom is 2.00 e. The summed E-state index contributed by atoms with van der Waals surface area (Å²) in [6.07, 6.45) is 16.4. The summed E-state index contributed by atoms with van der Waals surface area (Å²) in [5, 5.41) is 3.17. The number of rotatable bonds is 7. The van der Waals surface area contributed by atoms with E-state index in [4.69, 9.17) is 0 Å². The number of aromatic nitrogens is 2. The topological polar surface area (TPSA) is 25.8 Å². The van der Waals surface area contributed by atoms with Crippen molar-refractivity contribution < 1.29 is 17.1 Å². The minimum atomic E-state index is -1.70.